The summed E-state index contributed by atoms with van der Waals surface area (Å²) >= 11 is 1.87. The van der Waals surface area contributed by atoms with Gasteiger partial charge in [0.05, 0.1) is 5.39 Å². The number of para-hydroxylation sites is 2. The first kappa shape index (κ1) is 32.8. The molecule has 9 aromatic carbocycles. The fraction of sp³-hybridized carbons (Fsp3) is 0. The quantitative estimate of drug-likeness (QED) is 0.169. The Bertz CT molecular complexity index is 3480. The maximum Gasteiger partial charge on any atom is 0.147 e. The molecule has 12 rings (SSSR count). The van der Waals surface area contributed by atoms with Crippen LogP contribution in [0.15, 0.2) is 209 Å². The fourth-order valence-corrected chi connectivity index (χ4v) is 9.97. The zero-order chi connectivity index (χ0) is 38.2. The second kappa shape index (κ2) is 13.1. The van der Waals surface area contributed by atoms with Gasteiger partial charge >= 0.3 is 0 Å². The number of fused-ring (bicyclic) bond motifs is 10. The van der Waals surface area contributed by atoms with Crippen LogP contribution in [0.2, 0.25) is 0 Å². The molecule has 4 heteroatoms. The number of thiophene rings is 1. The number of rotatable bonds is 6. The first-order valence-corrected chi connectivity index (χ1v) is 20.4. The molecule has 3 nitrogen and oxygen atoms in total. The highest BCUT2D eigenvalue weighted by Crippen LogP contribution is 2.44. The summed E-state index contributed by atoms with van der Waals surface area (Å²) in [5.74, 6) is 0. The van der Waals surface area contributed by atoms with Crippen LogP contribution in [-0.2, 0) is 0 Å². The summed E-state index contributed by atoms with van der Waals surface area (Å²) < 4.78 is 15.6. The van der Waals surface area contributed by atoms with Gasteiger partial charge in [0.15, 0.2) is 0 Å². The molecule has 0 bridgehead atoms. The van der Waals surface area contributed by atoms with Gasteiger partial charge in [-0.3, -0.25) is 0 Å². The Labute approximate surface area is 338 Å². The molecule has 0 fully saturated rings. The SMILES string of the molecule is c1ccc(-c2ccc(N(c3ccc(-c4cccc5c4oc4c5ccc5oc6ccccc6c54)cc3)c3ccc(-c4cccc5c4sc4ccccc45)cc3)cc2)cc1. The van der Waals surface area contributed by atoms with Crippen LogP contribution in [0, 0.1) is 0 Å². The van der Waals surface area contributed by atoms with Gasteiger partial charge in [-0.05, 0) is 88.5 Å². The maximum absolute atomic E-state index is 6.80. The molecule has 58 heavy (non-hydrogen) atoms. The molecule has 0 amide bonds. The van der Waals surface area contributed by atoms with Gasteiger partial charge in [0, 0.05) is 59.0 Å². The van der Waals surface area contributed by atoms with E-state index in [2.05, 4.69) is 187 Å². The molecule has 0 unspecified atom stereocenters. The van der Waals surface area contributed by atoms with Crippen molar-refractivity contribution in [3.8, 4) is 33.4 Å². The molecular formula is C54H33NO2S. The lowest BCUT2D eigenvalue weighted by Gasteiger charge is -2.26. The Morgan fingerprint density at radius 2 is 0.879 bits per heavy atom. The molecule has 0 radical (unpaired) electrons. The second-order valence-electron chi connectivity index (χ2n) is 14.8. The average Bonchev–Trinajstić information content (AvgIpc) is 3.99. The second-order valence-corrected chi connectivity index (χ2v) is 15.9. The van der Waals surface area contributed by atoms with Gasteiger partial charge in [-0.25, -0.2) is 0 Å². The van der Waals surface area contributed by atoms with Crippen molar-refractivity contribution >= 4 is 92.4 Å². The monoisotopic (exact) mass is 759 g/mol. The third-order valence-electron chi connectivity index (χ3n) is 11.5. The van der Waals surface area contributed by atoms with E-state index in [4.69, 9.17) is 8.83 Å². The summed E-state index contributed by atoms with van der Waals surface area (Å²) in [6.07, 6.45) is 0. The lowest BCUT2D eigenvalue weighted by molar-refractivity contribution is 0.663. The molecule has 0 spiro atoms. The van der Waals surface area contributed by atoms with Crippen LogP contribution in [-0.4, -0.2) is 0 Å². The van der Waals surface area contributed by atoms with Crippen molar-refractivity contribution in [3.63, 3.8) is 0 Å². The third kappa shape index (κ3) is 5.19. The molecular weight excluding hydrogens is 727 g/mol. The molecule has 0 atom stereocenters. The lowest BCUT2D eigenvalue weighted by atomic mass is 10.0. The van der Waals surface area contributed by atoms with Gasteiger partial charge in [0.2, 0.25) is 0 Å². The van der Waals surface area contributed by atoms with Crippen molar-refractivity contribution in [3.05, 3.63) is 200 Å². The van der Waals surface area contributed by atoms with Crippen LogP contribution < -0.4 is 4.90 Å². The van der Waals surface area contributed by atoms with Gasteiger partial charge in [0.1, 0.15) is 22.3 Å². The average molecular weight is 760 g/mol. The van der Waals surface area contributed by atoms with E-state index in [0.717, 1.165) is 72.1 Å². The number of furan rings is 2. The molecule has 0 saturated heterocycles. The number of nitrogens with zero attached hydrogens (tertiary/aromatic N) is 1. The molecule has 0 saturated carbocycles. The van der Waals surface area contributed by atoms with Crippen molar-refractivity contribution in [1.29, 1.82) is 0 Å². The molecule has 272 valence electrons. The van der Waals surface area contributed by atoms with E-state index in [1.54, 1.807) is 0 Å². The number of hydrogen-bond donors (Lipinski definition) is 0. The predicted molar refractivity (Wildman–Crippen MR) is 245 cm³/mol. The van der Waals surface area contributed by atoms with Crippen molar-refractivity contribution in [2.45, 2.75) is 0 Å². The zero-order valence-corrected chi connectivity index (χ0v) is 32.0. The Balaban J connectivity index is 0.954. The van der Waals surface area contributed by atoms with Gasteiger partial charge in [-0.2, -0.15) is 0 Å². The van der Waals surface area contributed by atoms with E-state index in [9.17, 15) is 0 Å². The van der Waals surface area contributed by atoms with Crippen LogP contribution in [0.1, 0.15) is 0 Å². The molecule has 0 N–H and O–H groups in total. The third-order valence-corrected chi connectivity index (χ3v) is 12.7. The topological polar surface area (TPSA) is 29.5 Å². The summed E-state index contributed by atoms with van der Waals surface area (Å²) in [6.45, 7) is 0. The molecule has 0 aliphatic carbocycles. The molecule has 12 aromatic rings. The summed E-state index contributed by atoms with van der Waals surface area (Å²) in [5, 5.41) is 6.89. The predicted octanol–water partition coefficient (Wildman–Crippen LogP) is 16.3. The van der Waals surface area contributed by atoms with E-state index >= 15 is 0 Å². The van der Waals surface area contributed by atoms with Crippen LogP contribution in [0.5, 0.6) is 0 Å². The highest BCUT2D eigenvalue weighted by molar-refractivity contribution is 7.26. The van der Waals surface area contributed by atoms with Gasteiger partial charge < -0.3 is 13.7 Å². The Hall–Kier alpha value is -7.40. The summed E-state index contributed by atoms with van der Waals surface area (Å²) in [7, 11) is 0. The Morgan fingerprint density at radius 3 is 1.62 bits per heavy atom. The highest BCUT2D eigenvalue weighted by Gasteiger charge is 2.19. The first-order valence-electron chi connectivity index (χ1n) is 19.6. The van der Waals surface area contributed by atoms with E-state index < -0.39 is 0 Å². The number of anilines is 3. The summed E-state index contributed by atoms with van der Waals surface area (Å²) in [6, 6.07) is 71.4. The van der Waals surface area contributed by atoms with Crippen molar-refractivity contribution < 1.29 is 8.83 Å². The smallest absolute Gasteiger partial charge is 0.147 e. The molecule has 0 aliphatic rings. The standard InChI is InChI=1S/C54H33NO2S/c1-2-10-34(11-3-1)35-20-26-38(27-21-35)55(40-30-24-37(25-31-40)42-15-9-17-46-43-12-5-7-19-50(43)58-54(42)46)39-28-22-36(23-29-39)41-14-8-16-44-45-32-33-49-51(53(45)57-52(41)44)47-13-4-6-18-48(47)56-49/h1-33H. The largest absolute Gasteiger partial charge is 0.456 e. The highest BCUT2D eigenvalue weighted by atomic mass is 32.1. The maximum atomic E-state index is 6.80. The minimum Gasteiger partial charge on any atom is -0.456 e. The minimum atomic E-state index is 0.834. The minimum absolute atomic E-state index is 0.834. The van der Waals surface area contributed by atoms with E-state index in [1.807, 2.05) is 29.5 Å². The molecule has 3 aromatic heterocycles. The zero-order valence-electron chi connectivity index (χ0n) is 31.2. The molecule has 0 aliphatic heterocycles. The Kier molecular flexibility index (Phi) is 7.40. The van der Waals surface area contributed by atoms with Crippen LogP contribution in [0.3, 0.4) is 0 Å². The van der Waals surface area contributed by atoms with Crippen molar-refractivity contribution in [2.75, 3.05) is 4.90 Å². The lowest BCUT2D eigenvalue weighted by Crippen LogP contribution is -2.09. The van der Waals surface area contributed by atoms with Crippen molar-refractivity contribution in [1.82, 2.24) is 0 Å². The normalized spacial score (nSPS) is 11.8. The van der Waals surface area contributed by atoms with Crippen molar-refractivity contribution in [2.24, 2.45) is 0 Å². The van der Waals surface area contributed by atoms with E-state index in [1.165, 1.54) is 42.4 Å². The van der Waals surface area contributed by atoms with Crippen LogP contribution in [0.4, 0.5) is 17.1 Å². The van der Waals surface area contributed by atoms with Gasteiger partial charge in [-0.15, -0.1) is 11.3 Å². The van der Waals surface area contributed by atoms with Crippen LogP contribution in [0.25, 0.3) is 97.4 Å². The van der Waals surface area contributed by atoms with Crippen LogP contribution >= 0.6 is 11.3 Å². The molecule has 3 heterocycles. The first-order chi connectivity index (χ1) is 28.7. The van der Waals surface area contributed by atoms with Gasteiger partial charge in [0.25, 0.3) is 0 Å². The Morgan fingerprint density at radius 1 is 0.328 bits per heavy atom. The number of benzene rings is 9. The van der Waals surface area contributed by atoms with E-state index in [0.29, 0.717) is 0 Å². The van der Waals surface area contributed by atoms with E-state index in [-0.39, 0.29) is 0 Å². The fourth-order valence-electron chi connectivity index (χ4n) is 8.73. The summed E-state index contributed by atoms with van der Waals surface area (Å²) in [4.78, 5) is 2.34. The summed E-state index contributed by atoms with van der Waals surface area (Å²) in [5.41, 5.74) is 13.7. The van der Waals surface area contributed by atoms with Gasteiger partial charge in [-0.1, -0.05) is 140 Å². The number of hydrogen-bond acceptors (Lipinski definition) is 4.